The lowest BCUT2D eigenvalue weighted by Gasteiger charge is -2.06. The summed E-state index contributed by atoms with van der Waals surface area (Å²) in [6.07, 6.45) is 0. The molecule has 4 nitrogen and oxygen atoms in total. The van der Waals surface area contributed by atoms with Crippen molar-refractivity contribution in [3.8, 4) is 22.4 Å². The van der Waals surface area contributed by atoms with E-state index in [1.54, 1.807) is 0 Å². The molecule has 154 valence electrons. The lowest BCUT2D eigenvalue weighted by atomic mass is 10.0. The van der Waals surface area contributed by atoms with Crippen molar-refractivity contribution >= 4 is 17.7 Å². The maximum absolute atomic E-state index is 12.1. The first kappa shape index (κ1) is 20.8. The van der Waals surface area contributed by atoms with Crippen LogP contribution in [-0.4, -0.2) is 21.9 Å². The molecule has 1 heterocycles. The zero-order valence-corrected chi connectivity index (χ0v) is 18.1. The van der Waals surface area contributed by atoms with Crippen LogP contribution in [0.2, 0.25) is 0 Å². The average molecular weight is 426 g/mol. The number of nitrogens with one attached hydrogen (secondary N) is 1. The molecular formula is C26H23N3OS. The molecule has 0 aliphatic rings. The quantitative estimate of drug-likeness (QED) is 0.396. The van der Waals surface area contributed by atoms with Gasteiger partial charge in [0.05, 0.1) is 11.4 Å². The fraction of sp³-hybridized carbons (Fsp3) is 0.115. The van der Waals surface area contributed by atoms with Gasteiger partial charge in [0.2, 0.25) is 5.91 Å². The van der Waals surface area contributed by atoms with Crippen LogP contribution in [0.1, 0.15) is 11.1 Å². The van der Waals surface area contributed by atoms with Gasteiger partial charge in [-0.15, -0.1) is 10.2 Å². The molecule has 0 radical (unpaired) electrons. The SMILES string of the molecule is Cc1ccc(CNC(=O)CSc2ccc(-c3ccc(-c4ccccc4)cc3)nn2)cc1. The van der Waals surface area contributed by atoms with Crippen LogP contribution < -0.4 is 5.32 Å². The number of thioether (sulfide) groups is 1. The van der Waals surface area contributed by atoms with E-state index in [2.05, 4.69) is 51.9 Å². The van der Waals surface area contributed by atoms with Crippen LogP contribution >= 0.6 is 11.8 Å². The van der Waals surface area contributed by atoms with Gasteiger partial charge in [0, 0.05) is 12.1 Å². The summed E-state index contributed by atoms with van der Waals surface area (Å²) in [4.78, 5) is 12.1. The molecule has 0 saturated carbocycles. The molecule has 0 saturated heterocycles. The van der Waals surface area contributed by atoms with E-state index < -0.39 is 0 Å². The lowest BCUT2D eigenvalue weighted by Crippen LogP contribution is -2.24. The van der Waals surface area contributed by atoms with E-state index in [1.807, 2.05) is 61.5 Å². The minimum absolute atomic E-state index is 0.0204. The second-order valence-electron chi connectivity index (χ2n) is 7.25. The Bertz CT molecular complexity index is 1130. The van der Waals surface area contributed by atoms with E-state index in [1.165, 1.54) is 28.5 Å². The highest BCUT2D eigenvalue weighted by Crippen LogP contribution is 2.24. The minimum atomic E-state index is -0.0204. The number of rotatable bonds is 7. The molecule has 5 heteroatoms. The molecule has 0 aliphatic carbocycles. The number of benzene rings is 3. The van der Waals surface area contributed by atoms with Crippen molar-refractivity contribution in [3.05, 3.63) is 102 Å². The van der Waals surface area contributed by atoms with Gasteiger partial charge in [0.25, 0.3) is 0 Å². The fourth-order valence-corrected chi connectivity index (χ4v) is 3.76. The molecule has 1 N–H and O–H groups in total. The smallest absolute Gasteiger partial charge is 0.230 e. The van der Waals surface area contributed by atoms with Gasteiger partial charge in [-0.1, -0.05) is 96.2 Å². The molecule has 0 atom stereocenters. The Hall–Kier alpha value is -3.44. The monoisotopic (exact) mass is 425 g/mol. The number of nitrogens with zero attached hydrogens (tertiary/aromatic N) is 2. The first-order valence-corrected chi connectivity index (χ1v) is 11.1. The average Bonchev–Trinajstić information content (AvgIpc) is 2.83. The van der Waals surface area contributed by atoms with Crippen LogP contribution in [0.4, 0.5) is 0 Å². The van der Waals surface area contributed by atoms with Crippen LogP contribution in [0, 0.1) is 6.92 Å². The van der Waals surface area contributed by atoms with Gasteiger partial charge in [-0.2, -0.15) is 0 Å². The molecule has 0 aliphatic heterocycles. The number of carbonyl (C=O) groups excluding carboxylic acids is 1. The summed E-state index contributed by atoms with van der Waals surface area (Å²) in [7, 11) is 0. The van der Waals surface area contributed by atoms with Crippen molar-refractivity contribution in [2.24, 2.45) is 0 Å². The molecule has 4 rings (SSSR count). The Morgan fingerprint density at radius 2 is 1.45 bits per heavy atom. The summed E-state index contributed by atoms with van der Waals surface area (Å²) in [5.74, 6) is 0.291. The second kappa shape index (κ2) is 10.0. The van der Waals surface area contributed by atoms with Gasteiger partial charge >= 0.3 is 0 Å². The normalized spacial score (nSPS) is 10.6. The maximum atomic E-state index is 12.1. The third-order valence-electron chi connectivity index (χ3n) is 4.89. The first-order valence-electron chi connectivity index (χ1n) is 10.1. The molecular weight excluding hydrogens is 402 g/mol. The minimum Gasteiger partial charge on any atom is -0.351 e. The highest BCUT2D eigenvalue weighted by Gasteiger charge is 2.06. The summed E-state index contributed by atoms with van der Waals surface area (Å²) in [5.41, 5.74) is 6.48. The Labute approximate surface area is 186 Å². The van der Waals surface area contributed by atoms with Crippen molar-refractivity contribution in [2.75, 3.05) is 5.75 Å². The highest BCUT2D eigenvalue weighted by molar-refractivity contribution is 7.99. The second-order valence-corrected chi connectivity index (χ2v) is 8.25. The highest BCUT2D eigenvalue weighted by atomic mass is 32.2. The molecule has 0 unspecified atom stereocenters. The molecule has 31 heavy (non-hydrogen) atoms. The van der Waals surface area contributed by atoms with E-state index in [-0.39, 0.29) is 5.91 Å². The van der Waals surface area contributed by atoms with Crippen LogP contribution in [0.15, 0.2) is 96.0 Å². The maximum Gasteiger partial charge on any atom is 0.230 e. The summed E-state index contributed by atoms with van der Waals surface area (Å²) < 4.78 is 0. The summed E-state index contributed by atoms with van der Waals surface area (Å²) in [5, 5.41) is 12.3. The van der Waals surface area contributed by atoms with E-state index in [0.29, 0.717) is 12.3 Å². The summed E-state index contributed by atoms with van der Waals surface area (Å²) >= 11 is 1.38. The Balaban J connectivity index is 1.30. The van der Waals surface area contributed by atoms with Gasteiger partial charge in [-0.3, -0.25) is 4.79 Å². The molecule has 1 amide bonds. The molecule has 0 spiro atoms. The summed E-state index contributed by atoms with van der Waals surface area (Å²) in [6.45, 7) is 2.58. The number of carbonyl (C=O) groups is 1. The van der Waals surface area contributed by atoms with Crippen molar-refractivity contribution in [1.29, 1.82) is 0 Å². The predicted octanol–water partition coefficient (Wildman–Crippen LogP) is 5.53. The first-order chi connectivity index (χ1) is 15.2. The van der Waals surface area contributed by atoms with E-state index in [9.17, 15) is 4.79 Å². The zero-order chi connectivity index (χ0) is 21.5. The van der Waals surface area contributed by atoms with Crippen LogP contribution in [-0.2, 0) is 11.3 Å². The van der Waals surface area contributed by atoms with Gasteiger partial charge < -0.3 is 5.32 Å². The third kappa shape index (κ3) is 5.80. The van der Waals surface area contributed by atoms with Crippen LogP contribution in [0.25, 0.3) is 22.4 Å². The number of amides is 1. The molecule has 0 fully saturated rings. The number of aromatic nitrogens is 2. The lowest BCUT2D eigenvalue weighted by molar-refractivity contribution is -0.118. The largest absolute Gasteiger partial charge is 0.351 e. The number of aryl methyl sites for hydroxylation is 1. The van der Waals surface area contributed by atoms with Gasteiger partial charge in [0.15, 0.2) is 0 Å². The van der Waals surface area contributed by atoms with Gasteiger partial charge in [-0.05, 0) is 35.7 Å². The third-order valence-corrected chi connectivity index (χ3v) is 5.81. The van der Waals surface area contributed by atoms with Crippen LogP contribution in [0.5, 0.6) is 0 Å². The van der Waals surface area contributed by atoms with Crippen LogP contribution in [0.3, 0.4) is 0 Å². The number of hydrogen-bond donors (Lipinski definition) is 1. The Kier molecular flexibility index (Phi) is 6.75. The van der Waals surface area contributed by atoms with E-state index >= 15 is 0 Å². The molecule has 1 aromatic heterocycles. The predicted molar refractivity (Wildman–Crippen MR) is 127 cm³/mol. The van der Waals surface area contributed by atoms with E-state index in [4.69, 9.17) is 0 Å². The van der Waals surface area contributed by atoms with Gasteiger partial charge in [0.1, 0.15) is 5.03 Å². The van der Waals surface area contributed by atoms with Crippen molar-refractivity contribution in [1.82, 2.24) is 15.5 Å². The van der Waals surface area contributed by atoms with E-state index in [0.717, 1.165) is 21.8 Å². The Morgan fingerprint density at radius 1 is 0.774 bits per heavy atom. The molecule has 4 aromatic rings. The number of hydrogen-bond acceptors (Lipinski definition) is 4. The summed E-state index contributed by atoms with van der Waals surface area (Å²) in [6, 6.07) is 30.6. The van der Waals surface area contributed by atoms with Crippen molar-refractivity contribution in [2.45, 2.75) is 18.5 Å². The van der Waals surface area contributed by atoms with Crippen molar-refractivity contribution < 1.29 is 4.79 Å². The standard InChI is InChI=1S/C26H23N3OS/c1-19-7-9-20(10-8-19)17-27-25(30)18-31-26-16-15-24(28-29-26)23-13-11-22(12-14-23)21-5-3-2-4-6-21/h2-16H,17-18H2,1H3,(H,27,30). The zero-order valence-electron chi connectivity index (χ0n) is 17.3. The van der Waals surface area contributed by atoms with Gasteiger partial charge in [-0.25, -0.2) is 0 Å². The topological polar surface area (TPSA) is 54.9 Å². The van der Waals surface area contributed by atoms with Crippen molar-refractivity contribution in [3.63, 3.8) is 0 Å². The molecule has 3 aromatic carbocycles. The Morgan fingerprint density at radius 3 is 2.13 bits per heavy atom. The fourth-order valence-electron chi connectivity index (χ4n) is 3.11. The molecule has 0 bridgehead atoms.